The minimum Gasteiger partial charge on any atom is -0.126 e. The quantitative estimate of drug-likeness (QED) is 0.518. The first-order valence-corrected chi connectivity index (χ1v) is 7.97. The van der Waals surface area contributed by atoms with Gasteiger partial charge in [-0.05, 0) is 69.4 Å². The molecule has 0 amide bonds. The Bertz CT molecular complexity index is 645. The van der Waals surface area contributed by atoms with Gasteiger partial charge in [0.25, 0.3) is 0 Å². The van der Waals surface area contributed by atoms with Crippen molar-refractivity contribution in [2.75, 3.05) is 0 Å². The Morgan fingerprint density at radius 3 is 1.10 bits per heavy atom. The van der Waals surface area contributed by atoms with Gasteiger partial charge in [0, 0.05) is 18.3 Å². The molecule has 0 fully saturated rings. The van der Waals surface area contributed by atoms with Crippen molar-refractivity contribution in [3.05, 3.63) is 55.7 Å². The predicted octanol–water partition coefficient (Wildman–Crippen LogP) is 3.81. The molecule has 0 saturated heterocycles. The van der Waals surface area contributed by atoms with Crippen LogP contribution in [-0.4, -0.2) is 20.4 Å². The van der Waals surface area contributed by atoms with E-state index in [1.807, 2.05) is 48.5 Å². The summed E-state index contributed by atoms with van der Waals surface area (Å²) in [7, 11) is 0. The Hall–Kier alpha value is -1.16. The number of hydrogen-bond acceptors (Lipinski definition) is 4. The minimum absolute atomic E-state index is 0.538. The van der Waals surface area contributed by atoms with Crippen LogP contribution < -0.4 is 0 Å². The third-order valence-electron chi connectivity index (χ3n) is 2.68. The van der Waals surface area contributed by atoms with Gasteiger partial charge in [-0.2, -0.15) is 0 Å². The van der Waals surface area contributed by atoms with Crippen LogP contribution in [0.25, 0.3) is 22.8 Å². The summed E-state index contributed by atoms with van der Waals surface area (Å²) >= 11 is 4.52. The van der Waals surface area contributed by atoms with Gasteiger partial charge in [0.1, 0.15) is 0 Å². The molecule has 1 aromatic heterocycles. The maximum absolute atomic E-state index is 4.15. The normalized spacial score (nSPS) is 10.5. The van der Waals surface area contributed by atoms with Crippen LogP contribution in [0, 0.1) is 7.14 Å². The van der Waals surface area contributed by atoms with Crippen LogP contribution in [0.3, 0.4) is 0 Å². The minimum atomic E-state index is 0.538. The average Bonchev–Trinajstić information content (AvgIpc) is 2.49. The zero-order valence-corrected chi connectivity index (χ0v) is 14.5. The van der Waals surface area contributed by atoms with Gasteiger partial charge in [0.15, 0.2) is 0 Å². The van der Waals surface area contributed by atoms with Gasteiger partial charge in [-0.3, -0.25) is 0 Å². The van der Waals surface area contributed by atoms with Gasteiger partial charge >= 0.3 is 0 Å². The van der Waals surface area contributed by atoms with Gasteiger partial charge < -0.3 is 0 Å². The number of nitrogens with zero attached hydrogens (tertiary/aromatic N) is 4. The lowest BCUT2D eigenvalue weighted by atomic mass is 10.2. The molecule has 4 nitrogen and oxygen atoms in total. The smallest absolute Gasteiger partial charge is 0.126 e. The largest absolute Gasteiger partial charge is 0.203 e. The summed E-state index contributed by atoms with van der Waals surface area (Å²) in [5.74, 6) is 1.08. The molecule has 6 heteroatoms. The zero-order valence-electron chi connectivity index (χ0n) is 10.2. The summed E-state index contributed by atoms with van der Waals surface area (Å²) in [4.78, 5) is 0. The van der Waals surface area contributed by atoms with Crippen molar-refractivity contribution in [3.8, 4) is 22.8 Å². The first-order chi connectivity index (χ1) is 9.72. The van der Waals surface area contributed by atoms with Crippen LogP contribution in [0.1, 0.15) is 0 Å². The monoisotopic (exact) mass is 486 g/mol. The third-order valence-corrected chi connectivity index (χ3v) is 4.12. The molecule has 0 aliphatic rings. The second-order valence-electron chi connectivity index (χ2n) is 4.06. The van der Waals surface area contributed by atoms with E-state index in [1.165, 1.54) is 7.14 Å². The molecule has 1 heterocycles. The van der Waals surface area contributed by atoms with Crippen LogP contribution in [0.5, 0.6) is 0 Å². The highest BCUT2D eigenvalue weighted by Crippen LogP contribution is 2.18. The summed E-state index contributed by atoms with van der Waals surface area (Å²) in [6, 6.07) is 15.9. The zero-order chi connectivity index (χ0) is 13.9. The maximum Gasteiger partial charge on any atom is 0.203 e. The molecule has 3 aromatic rings. The molecular formula is C14H8I2N4. The predicted molar refractivity (Wildman–Crippen MR) is 93.9 cm³/mol. The first kappa shape index (κ1) is 13.8. The molecule has 20 heavy (non-hydrogen) atoms. The molecule has 0 radical (unpaired) electrons. The summed E-state index contributed by atoms with van der Waals surface area (Å²) in [6.07, 6.45) is 0. The number of benzene rings is 2. The van der Waals surface area contributed by atoms with E-state index in [2.05, 4.69) is 65.6 Å². The van der Waals surface area contributed by atoms with Crippen molar-refractivity contribution in [2.45, 2.75) is 0 Å². The van der Waals surface area contributed by atoms with Crippen LogP contribution in [0.15, 0.2) is 48.5 Å². The van der Waals surface area contributed by atoms with Gasteiger partial charge in [0.05, 0.1) is 0 Å². The van der Waals surface area contributed by atoms with E-state index >= 15 is 0 Å². The second kappa shape index (κ2) is 6.08. The van der Waals surface area contributed by atoms with Crippen LogP contribution in [-0.2, 0) is 0 Å². The summed E-state index contributed by atoms with van der Waals surface area (Å²) in [5, 5.41) is 16.6. The van der Waals surface area contributed by atoms with Crippen molar-refractivity contribution < 1.29 is 0 Å². The van der Waals surface area contributed by atoms with Gasteiger partial charge in [-0.1, -0.05) is 24.3 Å². The molecule has 0 spiro atoms. The highest BCUT2D eigenvalue weighted by molar-refractivity contribution is 14.1. The molecule has 0 N–H and O–H groups in total. The molecule has 3 rings (SSSR count). The molecule has 2 aromatic carbocycles. The standard InChI is InChI=1S/C14H8I2N4/c15-11-5-1-9(2-6-11)13-17-19-14(20-18-13)10-3-7-12(16)8-4-10/h1-8H. The number of aromatic nitrogens is 4. The fourth-order valence-electron chi connectivity index (χ4n) is 1.66. The van der Waals surface area contributed by atoms with Crippen LogP contribution in [0.4, 0.5) is 0 Å². The van der Waals surface area contributed by atoms with Crippen molar-refractivity contribution in [1.82, 2.24) is 20.4 Å². The first-order valence-electron chi connectivity index (χ1n) is 5.82. The summed E-state index contributed by atoms with van der Waals surface area (Å²) < 4.78 is 2.34. The van der Waals surface area contributed by atoms with E-state index in [0.29, 0.717) is 11.6 Å². The highest BCUT2D eigenvalue weighted by atomic mass is 127. The van der Waals surface area contributed by atoms with E-state index in [1.54, 1.807) is 0 Å². The fourth-order valence-corrected chi connectivity index (χ4v) is 2.38. The van der Waals surface area contributed by atoms with Crippen molar-refractivity contribution in [3.63, 3.8) is 0 Å². The van der Waals surface area contributed by atoms with Crippen LogP contribution in [0.2, 0.25) is 0 Å². The Morgan fingerprint density at radius 1 is 0.500 bits per heavy atom. The number of rotatable bonds is 2. The lowest BCUT2D eigenvalue weighted by Gasteiger charge is -2.01. The van der Waals surface area contributed by atoms with Gasteiger partial charge in [-0.15, -0.1) is 20.4 Å². The summed E-state index contributed by atoms with van der Waals surface area (Å²) in [6.45, 7) is 0. The Kier molecular flexibility index (Phi) is 4.20. The molecule has 0 aliphatic heterocycles. The van der Waals surface area contributed by atoms with Gasteiger partial charge in [0.2, 0.25) is 11.6 Å². The van der Waals surface area contributed by atoms with E-state index in [0.717, 1.165) is 11.1 Å². The third kappa shape index (κ3) is 3.11. The highest BCUT2D eigenvalue weighted by Gasteiger charge is 2.06. The topological polar surface area (TPSA) is 51.6 Å². The SMILES string of the molecule is Ic1ccc(-c2nnc(-c3ccc(I)cc3)nn2)cc1. The molecule has 98 valence electrons. The molecule has 0 unspecified atom stereocenters. The van der Waals surface area contributed by atoms with Crippen molar-refractivity contribution >= 4 is 45.2 Å². The molecular weight excluding hydrogens is 478 g/mol. The maximum atomic E-state index is 4.15. The second-order valence-corrected chi connectivity index (χ2v) is 6.55. The van der Waals surface area contributed by atoms with E-state index in [-0.39, 0.29) is 0 Å². The van der Waals surface area contributed by atoms with E-state index in [4.69, 9.17) is 0 Å². The average molecular weight is 486 g/mol. The Morgan fingerprint density at radius 2 is 0.800 bits per heavy atom. The molecule has 0 aliphatic carbocycles. The van der Waals surface area contributed by atoms with Gasteiger partial charge in [-0.25, -0.2) is 0 Å². The van der Waals surface area contributed by atoms with Crippen molar-refractivity contribution in [1.29, 1.82) is 0 Å². The fraction of sp³-hybridized carbons (Fsp3) is 0. The van der Waals surface area contributed by atoms with Crippen LogP contribution >= 0.6 is 45.2 Å². The Labute approximate surface area is 143 Å². The molecule has 0 atom stereocenters. The molecule has 0 bridgehead atoms. The van der Waals surface area contributed by atoms with E-state index < -0.39 is 0 Å². The Balaban J connectivity index is 1.91. The number of hydrogen-bond donors (Lipinski definition) is 0. The van der Waals surface area contributed by atoms with E-state index in [9.17, 15) is 0 Å². The lowest BCUT2D eigenvalue weighted by molar-refractivity contribution is 0.876. The number of halogens is 2. The van der Waals surface area contributed by atoms with Crippen molar-refractivity contribution in [2.24, 2.45) is 0 Å². The lowest BCUT2D eigenvalue weighted by Crippen LogP contribution is -1.99. The summed E-state index contributed by atoms with van der Waals surface area (Å²) in [5.41, 5.74) is 1.83. The molecule has 0 saturated carbocycles.